The third-order valence-corrected chi connectivity index (χ3v) is 3.52. The standard InChI is InChI=1S/C10H18N4S/c1-2-5-14(8-3-4-8)7-9-6-12-10(13-11)15-9/h6,8H,2-5,7,11H2,1H3,(H,12,13). The van der Waals surface area contributed by atoms with Crippen LogP contribution in [0.25, 0.3) is 0 Å². The van der Waals surface area contributed by atoms with E-state index < -0.39 is 0 Å². The molecule has 0 saturated heterocycles. The summed E-state index contributed by atoms with van der Waals surface area (Å²) in [6.45, 7) is 4.45. The van der Waals surface area contributed by atoms with Crippen molar-refractivity contribution in [3.05, 3.63) is 11.1 Å². The van der Waals surface area contributed by atoms with E-state index in [-0.39, 0.29) is 0 Å². The fraction of sp³-hybridized carbons (Fsp3) is 0.700. The second kappa shape index (κ2) is 4.92. The van der Waals surface area contributed by atoms with Crippen LogP contribution < -0.4 is 11.3 Å². The first-order chi connectivity index (χ1) is 7.33. The molecule has 0 aliphatic heterocycles. The lowest BCUT2D eigenvalue weighted by Crippen LogP contribution is -2.25. The molecule has 84 valence electrons. The SMILES string of the molecule is CCCN(Cc1cnc(NN)s1)C1CC1. The molecule has 1 heterocycles. The van der Waals surface area contributed by atoms with Gasteiger partial charge in [-0.05, 0) is 25.8 Å². The van der Waals surface area contributed by atoms with Crippen LogP contribution in [0.1, 0.15) is 31.1 Å². The van der Waals surface area contributed by atoms with Gasteiger partial charge in [0.1, 0.15) is 0 Å². The Labute approximate surface area is 94.5 Å². The minimum Gasteiger partial charge on any atom is -0.300 e. The molecule has 1 fully saturated rings. The molecule has 0 unspecified atom stereocenters. The quantitative estimate of drug-likeness (QED) is 0.574. The Bertz CT molecular complexity index is 308. The molecule has 5 heteroatoms. The third-order valence-electron chi connectivity index (χ3n) is 2.61. The Morgan fingerprint density at radius 3 is 3.00 bits per heavy atom. The molecule has 0 radical (unpaired) electrons. The molecule has 0 bridgehead atoms. The molecule has 1 aliphatic rings. The van der Waals surface area contributed by atoms with Gasteiger partial charge in [0.05, 0.1) is 0 Å². The van der Waals surface area contributed by atoms with Crippen LogP contribution in [0.15, 0.2) is 6.20 Å². The first kappa shape index (κ1) is 10.9. The summed E-state index contributed by atoms with van der Waals surface area (Å²) in [5.41, 5.74) is 2.59. The average Bonchev–Trinajstić information content (AvgIpc) is 2.99. The van der Waals surface area contributed by atoms with Crippen molar-refractivity contribution in [3.8, 4) is 0 Å². The summed E-state index contributed by atoms with van der Waals surface area (Å²) in [7, 11) is 0. The normalized spacial score (nSPS) is 15.9. The minimum atomic E-state index is 0.803. The monoisotopic (exact) mass is 226 g/mol. The number of anilines is 1. The maximum atomic E-state index is 5.31. The molecule has 1 saturated carbocycles. The second-order valence-corrected chi connectivity index (χ2v) is 5.09. The van der Waals surface area contributed by atoms with Crippen LogP contribution in [0.2, 0.25) is 0 Å². The van der Waals surface area contributed by atoms with Crippen molar-refractivity contribution in [1.82, 2.24) is 9.88 Å². The minimum absolute atomic E-state index is 0.803. The van der Waals surface area contributed by atoms with Gasteiger partial charge in [-0.25, -0.2) is 10.8 Å². The number of thiazole rings is 1. The molecule has 3 N–H and O–H groups in total. The van der Waals surface area contributed by atoms with Gasteiger partial charge in [-0.1, -0.05) is 18.3 Å². The van der Waals surface area contributed by atoms with E-state index in [4.69, 9.17) is 5.84 Å². The van der Waals surface area contributed by atoms with Crippen molar-refractivity contribution in [2.45, 2.75) is 38.8 Å². The Balaban J connectivity index is 1.92. The van der Waals surface area contributed by atoms with E-state index in [2.05, 4.69) is 22.2 Å². The first-order valence-corrected chi connectivity index (χ1v) is 6.30. The number of nitrogens with two attached hydrogens (primary N) is 1. The molecule has 1 aliphatic carbocycles. The number of nitrogens with zero attached hydrogens (tertiary/aromatic N) is 2. The van der Waals surface area contributed by atoms with Gasteiger partial charge < -0.3 is 0 Å². The summed E-state index contributed by atoms with van der Waals surface area (Å²) in [5, 5.41) is 0.803. The van der Waals surface area contributed by atoms with Gasteiger partial charge in [-0.3, -0.25) is 10.3 Å². The van der Waals surface area contributed by atoms with E-state index in [0.717, 1.165) is 17.7 Å². The van der Waals surface area contributed by atoms with Crippen LogP contribution in [-0.2, 0) is 6.54 Å². The lowest BCUT2D eigenvalue weighted by molar-refractivity contribution is 0.257. The largest absolute Gasteiger partial charge is 0.300 e. The molecular weight excluding hydrogens is 208 g/mol. The summed E-state index contributed by atoms with van der Waals surface area (Å²) in [6, 6.07) is 0.821. The number of hydrazine groups is 1. The third kappa shape index (κ3) is 2.90. The first-order valence-electron chi connectivity index (χ1n) is 5.49. The summed E-state index contributed by atoms with van der Waals surface area (Å²) >= 11 is 1.64. The van der Waals surface area contributed by atoms with Gasteiger partial charge in [-0.15, -0.1) is 0 Å². The zero-order valence-corrected chi connectivity index (χ0v) is 9.89. The van der Waals surface area contributed by atoms with Crippen molar-refractivity contribution in [3.63, 3.8) is 0 Å². The molecule has 2 rings (SSSR count). The summed E-state index contributed by atoms with van der Waals surface area (Å²) in [4.78, 5) is 8.03. The van der Waals surface area contributed by atoms with E-state index >= 15 is 0 Å². The van der Waals surface area contributed by atoms with Gasteiger partial charge in [0.15, 0.2) is 5.13 Å². The fourth-order valence-electron chi connectivity index (χ4n) is 1.77. The highest BCUT2D eigenvalue weighted by Gasteiger charge is 2.28. The topological polar surface area (TPSA) is 54.2 Å². The number of hydrogen-bond donors (Lipinski definition) is 2. The molecule has 0 spiro atoms. The molecular formula is C10H18N4S. The number of nitrogens with one attached hydrogen (secondary N) is 1. The van der Waals surface area contributed by atoms with Crippen molar-refractivity contribution < 1.29 is 0 Å². The van der Waals surface area contributed by atoms with Crippen LogP contribution in [0.5, 0.6) is 0 Å². The smallest absolute Gasteiger partial charge is 0.197 e. The number of nitrogen functional groups attached to an aromatic ring is 1. The Morgan fingerprint density at radius 2 is 2.47 bits per heavy atom. The van der Waals surface area contributed by atoms with Gasteiger partial charge in [-0.2, -0.15) is 0 Å². The van der Waals surface area contributed by atoms with Gasteiger partial charge >= 0.3 is 0 Å². The Morgan fingerprint density at radius 1 is 1.67 bits per heavy atom. The van der Waals surface area contributed by atoms with E-state index in [0.29, 0.717) is 0 Å². The van der Waals surface area contributed by atoms with Gasteiger partial charge in [0.2, 0.25) is 0 Å². The Kier molecular flexibility index (Phi) is 3.56. The van der Waals surface area contributed by atoms with E-state index in [9.17, 15) is 0 Å². The van der Waals surface area contributed by atoms with Gasteiger partial charge in [0, 0.05) is 23.7 Å². The molecule has 1 aromatic heterocycles. The lowest BCUT2D eigenvalue weighted by Gasteiger charge is -2.19. The molecule has 1 aromatic rings. The number of hydrogen-bond acceptors (Lipinski definition) is 5. The highest BCUT2D eigenvalue weighted by atomic mass is 32.1. The average molecular weight is 226 g/mol. The summed E-state index contributed by atoms with van der Waals surface area (Å²) in [6.07, 6.45) is 5.86. The van der Waals surface area contributed by atoms with Crippen LogP contribution >= 0.6 is 11.3 Å². The molecule has 0 amide bonds. The Hall–Kier alpha value is -0.650. The van der Waals surface area contributed by atoms with E-state index in [1.165, 1.54) is 30.7 Å². The van der Waals surface area contributed by atoms with Crippen LogP contribution in [0.4, 0.5) is 5.13 Å². The zero-order valence-electron chi connectivity index (χ0n) is 9.07. The van der Waals surface area contributed by atoms with Crippen molar-refractivity contribution in [1.29, 1.82) is 0 Å². The highest BCUT2D eigenvalue weighted by molar-refractivity contribution is 7.15. The van der Waals surface area contributed by atoms with E-state index in [1.54, 1.807) is 11.3 Å². The molecule has 0 atom stereocenters. The fourth-order valence-corrected chi connectivity index (χ4v) is 2.51. The van der Waals surface area contributed by atoms with Crippen molar-refractivity contribution >= 4 is 16.5 Å². The molecule has 4 nitrogen and oxygen atoms in total. The van der Waals surface area contributed by atoms with Crippen LogP contribution in [-0.4, -0.2) is 22.5 Å². The van der Waals surface area contributed by atoms with Gasteiger partial charge in [0.25, 0.3) is 0 Å². The summed E-state index contributed by atoms with van der Waals surface area (Å²) < 4.78 is 0. The van der Waals surface area contributed by atoms with E-state index in [1.807, 2.05) is 6.20 Å². The molecule has 0 aromatic carbocycles. The highest BCUT2D eigenvalue weighted by Crippen LogP contribution is 2.29. The second-order valence-electron chi connectivity index (χ2n) is 3.98. The molecule has 15 heavy (non-hydrogen) atoms. The van der Waals surface area contributed by atoms with Crippen LogP contribution in [0.3, 0.4) is 0 Å². The number of aromatic nitrogens is 1. The predicted molar refractivity (Wildman–Crippen MR) is 63.6 cm³/mol. The zero-order chi connectivity index (χ0) is 10.7. The maximum Gasteiger partial charge on any atom is 0.197 e. The predicted octanol–water partition coefficient (Wildman–Crippen LogP) is 1.80. The van der Waals surface area contributed by atoms with Crippen molar-refractivity contribution in [2.24, 2.45) is 5.84 Å². The van der Waals surface area contributed by atoms with Crippen LogP contribution in [0, 0.1) is 0 Å². The number of rotatable bonds is 6. The summed E-state index contributed by atoms with van der Waals surface area (Å²) in [5.74, 6) is 5.31. The van der Waals surface area contributed by atoms with Crippen molar-refractivity contribution in [2.75, 3.05) is 12.0 Å². The lowest BCUT2D eigenvalue weighted by atomic mass is 10.3. The maximum absolute atomic E-state index is 5.31.